The summed E-state index contributed by atoms with van der Waals surface area (Å²) in [6.07, 6.45) is 1.35. The molecule has 0 atom stereocenters. The van der Waals surface area contributed by atoms with E-state index in [-0.39, 0.29) is 5.91 Å². The molecule has 2 aromatic rings. The van der Waals surface area contributed by atoms with E-state index < -0.39 is 0 Å². The fourth-order valence-electron chi connectivity index (χ4n) is 3.01. The largest absolute Gasteiger partial charge is 0.354 e. The molecule has 0 saturated carbocycles. The number of hydrogen-bond donors (Lipinski definition) is 3. The highest BCUT2D eigenvalue weighted by Gasteiger charge is 2.13. The van der Waals surface area contributed by atoms with Crippen molar-refractivity contribution in [1.29, 1.82) is 0 Å². The van der Waals surface area contributed by atoms with Crippen LogP contribution in [-0.4, -0.2) is 37.1 Å². The Labute approximate surface area is 155 Å². The van der Waals surface area contributed by atoms with Gasteiger partial charge < -0.3 is 20.9 Å². The van der Waals surface area contributed by atoms with E-state index >= 15 is 0 Å². The number of hydrogen-bond acceptors (Lipinski definition) is 5. The molecule has 1 aliphatic rings. The minimum Gasteiger partial charge on any atom is -0.354 e. The predicted molar refractivity (Wildman–Crippen MR) is 107 cm³/mol. The first kappa shape index (κ1) is 18.2. The maximum atomic E-state index is 12.0. The first-order valence-corrected chi connectivity index (χ1v) is 9.26. The fourth-order valence-corrected chi connectivity index (χ4v) is 3.01. The zero-order chi connectivity index (χ0) is 18.4. The number of aryl methyl sites for hydroxylation is 1. The van der Waals surface area contributed by atoms with Crippen LogP contribution in [0.4, 0.5) is 23.0 Å². The van der Waals surface area contributed by atoms with E-state index in [1.807, 2.05) is 50.2 Å². The molecule has 0 aliphatic carbocycles. The van der Waals surface area contributed by atoms with Gasteiger partial charge in [0.25, 0.3) is 0 Å². The number of aromatic nitrogens is 1. The summed E-state index contributed by atoms with van der Waals surface area (Å²) in [6, 6.07) is 12.0. The molecule has 6 nitrogen and oxygen atoms in total. The Bertz CT molecular complexity index is 756. The Morgan fingerprint density at radius 1 is 1.19 bits per heavy atom. The molecule has 6 heteroatoms. The molecule has 1 amide bonds. The molecule has 3 N–H and O–H groups in total. The molecule has 3 rings (SSSR count). The molecule has 1 aliphatic heterocycles. The third-order valence-corrected chi connectivity index (χ3v) is 4.36. The van der Waals surface area contributed by atoms with Crippen molar-refractivity contribution in [2.45, 2.75) is 26.7 Å². The highest BCUT2D eigenvalue weighted by Crippen LogP contribution is 2.27. The molecule has 1 aromatic carbocycles. The van der Waals surface area contributed by atoms with E-state index in [2.05, 4.69) is 20.9 Å². The number of rotatable bonds is 6. The van der Waals surface area contributed by atoms with Gasteiger partial charge in [-0.1, -0.05) is 19.1 Å². The number of piperazine rings is 1. The standard InChI is InChI=1S/C20H27N5O/c1-3-5-20(26)23-16-9-8-15(2)14-17(16)22-18-6-4-7-19(24-18)25-12-10-21-11-13-25/h4,6-9,14,21H,3,5,10-13H2,1-2H3,(H,22,24)(H,23,26). The SMILES string of the molecule is CCCC(=O)Nc1ccc(C)cc1Nc1cccc(N2CCNCC2)n1. The highest BCUT2D eigenvalue weighted by molar-refractivity contribution is 5.94. The van der Waals surface area contributed by atoms with Gasteiger partial charge >= 0.3 is 0 Å². The van der Waals surface area contributed by atoms with Gasteiger partial charge in [0.05, 0.1) is 11.4 Å². The maximum absolute atomic E-state index is 12.0. The zero-order valence-corrected chi connectivity index (χ0v) is 15.5. The average molecular weight is 353 g/mol. The molecule has 0 spiro atoms. The van der Waals surface area contributed by atoms with Gasteiger partial charge in [0.2, 0.25) is 5.91 Å². The van der Waals surface area contributed by atoms with Crippen LogP contribution in [0.15, 0.2) is 36.4 Å². The number of anilines is 4. The first-order valence-electron chi connectivity index (χ1n) is 9.26. The van der Waals surface area contributed by atoms with Crippen LogP contribution in [0.2, 0.25) is 0 Å². The molecule has 0 bridgehead atoms. The van der Waals surface area contributed by atoms with E-state index in [1.165, 1.54) is 0 Å². The third-order valence-electron chi connectivity index (χ3n) is 4.36. The van der Waals surface area contributed by atoms with Gasteiger partial charge in [0.15, 0.2) is 0 Å². The molecule has 138 valence electrons. The second-order valence-electron chi connectivity index (χ2n) is 6.59. The van der Waals surface area contributed by atoms with Gasteiger partial charge in [-0.05, 0) is 43.2 Å². The van der Waals surface area contributed by atoms with E-state index in [9.17, 15) is 4.79 Å². The number of benzene rings is 1. The van der Waals surface area contributed by atoms with Crippen molar-refractivity contribution in [3.8, 4) is 0 Å². The lowest BCUT2D eigenvalue weighted by Gasteiger charge is -2.28. The number of carbonyl (C=O) groups excluding carboxylic acids is 1. The Hall–Kier alpha value is -2.60. The minimum absolute atomic E-state index is 0.0296. The fraction of sp³-hybridized carbons (Fsp3) is 0.400. The average Bonchev–Trinajstić information content (AvgIpc) is 2.65. The molecule has 0 radical (unpaired) electrons. The Kier molecular flexibility index (Phi) is 6.07. The van der Waals surface area contributed by atoms with Gasteiger partial charge in [-0.2, -0.15) is 0 Å². The summed E-state index contributed by atoms with van der Waals surface area (Å²) < 4.78 is 0. The van der Waals surface area contributed by atoms with Gasteiger partial charge in [0, 0.05) is 32.6 Å². The van der Waals surface area contributed by atoms with Crippen molar-refractivity contribution in [3.63, 3.8) is 0 Å². The smallest absolute Gasteiger partial charge is 0.224 e. The van der Waals surface area contributed by atoms with E-state index in [4.69, 9.17) is 4.98 Å². The number of amides is 1. The van der Waals surface area contributed by atoms with Crippen molar-refractivity contribution >= 4 is 28.9 Å². The van der Waals surface area contributed by atoms with Gasteiger partial charge in [0.1, 0.15) is 11.6 Å². The van der Waals surface area contributed by atoms with E-state index in [1.54, 1.807) is 0 Å². The number of pyridine rings is 1. The molecule has 1 fully saturated rings. The molecule has 2 heterocycles. The van der Waals surface area contributed by atoms with Crippen LogP contribution in [0, 0.1) is 6.92 Å². The summed E-state index contributed by atoms with van der Waals surface area (Å²) >= 11 is 0. The van der Waals surface area contributed by atoms with E-state index in [0.717, 1.165) is 61.2 Å². The number of nitrogens with one attached hydrogen (secondary N) is 3. The third kappa shape index (κ3) is 4.73. The lowest BCUT2D eigenvalue weighted by Crippen LogP contribution is -2.43. The summed E-state index contributed by atoms with van der Waals surface area (Å²) in [5, 5.41) is 9.72. The molecule has 26 heavy (non-hydrogen) atoms. The van der Waals surface area contributed by atoms with E-state index in [0.29, 0.717) is 6.42 Å². The van der Waals surface area contributed by atoms with Crippen molar-refractivity contribution in [2.24, 2.45) is 0 Å². The lowest BCUT2D eigenvalue weighted by atomic mass is 10.2. The topological polar surface area (TPSA) is 69.3 Å². The van der Waals surface area contributed by atoms with Crippen LogP contribution in [0.3, 0.4) is 0 Å². The zero-order valence-electron chi connectivity index (χ0n) is 15.5. The first-order chi connectivity index (χ1) is 12.7. The second-order valence-corrected chi connectivity index (χ2v) is 6.59. The summed E-state index contributed by atoms with van der Waals surface area (Å²) in [5.74, 6) is 1.78. The Morgan fingerprint density at radius 2 is 2.00 bits per heavy atom. The summed E-state index contributed by atoms with van der Waals surface area (Å²) in [6.45, 7) is 7.90. The molecule has 0 unspecified atom stereocenters. The van der Waals surface area contributed by atoms with Crippen LogP contribution in [0.25, 0.3) is 0 Å². The van der Waals surface area contributed by atoms with Crippen LogP contribution < -0.4 is 20.9 Å². The highest BCUT2D eigenvalue weighted by atomic mass is 16.1. The van der Waals surface area contributed by atoms with Crippen LogP contribution >= 0.6 is 0 Å². The number of nitrogens with zero attached hydrogens (tertiary/aromatic N) is 2. The van der Waals surface area contributed by atoms with Crippen LogP contribution in [0.1, 0.15) is 25.3 Å². The molecular weight excluding hydrogens is 326 g/mol. The monoisotopic (exact) mass is 353 g/mol. The second kappa shape index (κ2) is 8.67. The minimum atomic E-state index is 0.0296. The number of carbonyl (C=O) groups is 1. The quantitative estimate of drug-likeness (QED) is 0.743. The normalized spacial score (nSPS) is 14.2. The summed E-state index contributed by atoms with van der Waals surface area (Å²) in [4.78, 5) is 19.0. The van der Waals surface area contributed by atoms with Gasteiger partial charge in [-0.25, -0.2) is 4.98 Å². The van der Waals surface area contributed by atoms with Crippen molar-refractivity contribution in [2.75, 3.05) is 41.7 Å². The van der Waals surface area contributed by atoms with Gasteiger partial charge in [-0.3, -0.25) is 4.79 Å². The van der Waals surface area contributed by atoms with Gasteiger partial charge in [-0.15, -0.1) is 0 Å². The van der Waals surface area contributed by atoms with Crippen LogP contribution in [-0.2, 0) is 4.79 Å². The lowest BCUT2D eigenvalue weighted by molar-refractivity contribution is -0.116. The maximum Gasteiger partial charge on any atom is 0.224 e. The van der Waals surface area contributed by atoms with Crippen molar-refractivity contribution in [3.05, 3.63) is 42.0 Å². The predicted octanol–water partition coefficient (Wildman–Crippen LogP) is 3.28. The molecular formula is C20H27N5O. The Morgan fingerprint density at radius 3 is 2.77 bits per heavy atom. The summed E-state index contributed by atoms with van der Waals surface area (Å²) in [7, 11) is 0. The summed E-state index contributed by atoms with van der Waals surface area (Å²) in [5.41, 5.74) is 2.77. The van der Waals surface area contributed by atoms with Crippen molar-refractivity contribution in [1.82, 2.24) is 10.3 Å². The Balaban J connectivity index is 1.79. The molecule has 1 saturated heterocycles. The molecule has 1 aromatic heterocycles. The van der Waals surface area contributed by atoms with Crippen molar-refractivity contribution < 1.29 is 4.79 Å². The van der Waals surface area contributed by atoms with Crippen LogP contribution in [0.5, 0.6) is 0 Å².